The molecule has 3 aromatic rings. The van der Waals surface area contributed by atoms with Crippen LogP contribution in [0.25, 0.3) is 11.5 Å². The molecule has 3 heterocycles. The summed E-state index contributed by atoms with van der Waals surface area (Å²) >= 11 is 0. The third-order valence-electron chi connectivity index (χ3n) is 5.29. The lowest BCUT2D eigenvalue weighted by atomic mass is 10.2. The average molecular weight is 460 g/mol. The highest BCUT2D eigenvalue weighted by Crippen LogP contribution is 2.37. The molecule has 2 aliphatic rings. The van der Waals surface area contributed by atoms with Crippen LogP contribution in [0.3, 0.4) is 0 Å². The molecule has 0 saturated carbocycles. The molecule has 2 aliphatic heterocycles. The minimum absolute atomic E-state index is 0.0321. The topological polar surface area (TPSA) is 99.9 Å². The van der Waals surface area contributed by atoms with Gasteiger partial charge in [-0.2, -0.15) is 4.98 Å². The van der Waals surface area contributed by atoms with Gasteiger partial charge in [0.25, 0.3) is 0 Å². The van der Waals surface area contributed by atoms with E-state index in [-0.39, 0.29) is 33.4 Å². The van der Waals surface area contributed by atoms with Crippen molar-refractivity contribution in [2.75, 3.05) is 31.7 Å². The van der Waals surface area contributed by atoms with Gasteiger partial charge in [-0.05, 0) is 37.1 Å². The predicted molar refractivity (Wildman–Crippen MR) is 112 cm³/mol. The van der Waals surface area contributed by atoms with Crippen molar-refractivity contribution in [3.63, 3.8) is 0 Å². The second kappa shape index (κ2) is 8.44. The van der Waals surface area contributed by atoms with E-state index in [1.807, 2.05) is 0 Å². The SMILES string of the molecule is O=S(=O)(c1ccc2c(c1)OCCO2)c1nc(-c2ccccc2F)oc1NCC1CCCO1. The third-order valence-corrected chi connectivity index (χ3v) is 6.95. The molecule has 1 fully saturated rings. The fourth-order valence-electron chi connectivity index (χ4n) is 3.66. The molecular weight excluding hydrogens is 439 g/mol. The lowest BCUT2D eigenvalue weighted by Crippen LogP contribution is -2.19. The summed E-state index contributed by atoms with van der Waals surface area (Å²) in [5.41, 5.74) is 0.0660. The second-order valence-corrected chi connectivity index (χ2v) is 9.32. The number of anilines is 1. The molecule has 5 rings (SSSR count). The molecule has 32 heavy (non-hydrogen) atoms. The number of nitrogens with zero attached hydrogens (tertiary/aromatic N) is 1. The van der Waals surface area contributed by atoms with Crippen molar-refractivity contribution in [3.05, 3.63) is 48.3 Å². The number of sulfone groups is 1. The average Bonchev–Trinajstić information content (AvgIpc) is 3.48. The molecule has 0 aliphatic carbocycles. The van der Waals surface area contributed by atoms with Gasteiger partial charge in [-0.3, -0.25) is 0 Å². The van der Waals surface area contributed by atoms with Crippen LogP contribution in [0, 0.1) is 5.82 Å². The lowest BCUT2D eigenvalue weighted by Gasteiger charge is -2.18. The van der Waals surface area contributed by atoms with Gasteiger partial charge in [0.1, 0.15) is 19.0 Å². The summed E-state index contributed by atoms with van der Waals surface area (Å²) in [7, 11) is -4.12. The monoisotopic (exact) mass is 460 g/mol. The van der Waals surface area contributed by atoms with Gasteiger partial charge in [0.05, 0.1) is 16.6 Å². The molecule has 1 aromatic heterocycles. The summed E-state index contributed by atoms with van der Waals surface area (Å²) in [6.07, 6.45) is 1.72. The molecule has 0 radical (unpaired) electrons. The number of ether oxygens (including phenoxy) is 3. The molecule has 168 valence electrons. The summed E-state index contributed by atoms with van der Waals surface area (Å²) in [5.74, 6) is 0.0496. The second-order valence-electron chi connectivity index (χ2n) is 7.46. The Morgan fingerprint density at radius 2 is 1.88 bits per heavy atom. The van der Waals surface area contributed by atoms with Gasteiger partial charge in [0.15, 0.2) is 11.5 Å². The molecule has 1 unspecified atom stereocenters. The Bertz CT molecular complexity index is 1240. The van der Waals surface area contributed by atoms with Gasteiger partial charge in [0, 0.05) is 19.2 Å². The minimum Gasteiger partial charge on any atom is -0.486 e. The molecule has 1 saturated heterocycles. The molecule has 0 bridgehead atoms. The highest BCUT2D eigenvalue weighted by molar-refractivity contribution is 7.91. The number of rotatable bonds is 6. The normalized spacial score (nSPS) is 18.0. The van der Waals surface area contributed by atoms with Crippen LogP contribution >= 0.6 is 0 Å². The number of aromatic nitrogens is 1. The van der Waals surface area contributed by atoms with Gasteiger partial charge in [-0.1, -0.05) is 12.1 Å². The molecule has 0 amide bonds. The number of oxazole rings is 1. The molecule has 1 N–H and O–H groups in total. The van der Waals surface area contributed by atoms with Crippen molar-refractivity contribution in [2.45, 2.75) is 28.9 Å². The van der Waals surface area contributed by atoms with Crippen molar-refractivity contribution < 1.29 is 31.4 Å². The highest BCUT2D eigenvalue weighted by Gasteiger charge is 2.31. The van der Waals surface area contributed by atoms with E-state index in [1.54, 1.807) is 12.1 Å². The number of halogens is 1. The maximum Gasteiger partial charge on any atom is 0.233 e. The number of fused-ring (bicyclic) bond motifs is 1. The number of hydrogen-bond acceptors (Lipinski definition) is 8. The van der Waals surface area contributed by atoms with Gasteiger partial charge < -0.3 is 23.9 Å². The van der Waals surface area contributed by atoms with Crippen LogP contribution in [0.2, 0.25) is 0 Å². The highest BCUT2D eigenvalue weighted by atomic mass is 32.2. The Hall–Kier alpha value is -3.11. The maximum atomic E-state index is 14.3. The molecule has 8 nitrogen and oxygen atoms in total. The van der Waals surface area contributed by atoms with Gasteiger partial charge in [0.2, 0.25) is 26.6 Å². The Balaban J connectivity index is 1.55. The summed E-state index contributed by atoms with van der Waals surface area (Å²) < 4.78 is 63.6. The van der Waals surface area contributed by atoms with E-state index in [1.165, 1.54) is 30.3 Å². The maximum absolute atomic E-state index is 14.3. The van der Waals surface area contributed by atoms with Crippen molar-refractivity contribution in [1.29, 1.82) is 0 Å². The summed E-state index contributed by atoms with van der Waals surface area (Å²) in [5, 5.41) is 2.66. The van der Waals surface area contributed by atoms with Crippen LogP contribution in [0.1, 0.15) is 12.8 Å². The predicted octanol–water partition coefficient (Wildman–Crippen LogP) is 3.68. The van der Waals surface area contributed by atoms with Crippen LogP contribution in [0.15, 0.2) is 56.8 Å². The van der Waals surface area contributed by atoms with Crippen molar-refractivity contribution in [3.8, 4) is 23.0 Å². The van der Waals surface area contributed by atoms with Crippen LogP contribution < -0.4 is 14.8 Å². The zero-order valence-electron chi connectivity index (χ0n) is 17.0. The largest absolute Gasteiger partial charge is 0.486 e. The van der Waals surface area contributed by atoms with Crippen molar-refractivity contribution >= 4 is 15.7 Å². The first-order valence-electron chi connectivity index (χ1n) is 10.3. The summed E-state index contributed by atoms with van der Waals surface area (Å²) in [6, 6.07) is 10.2. The molecule has 2 aromatic carbocycles. The standard InChI is InChI=1S/C22H21FN2O6S/c23-17-6-2-1-5-16(17)20-25-22(21(31-20)24-13-14-4-3-9-28-14)32(26,27)15-7-8-18-19(12-15)30-11-10-29-18/h1-2,5-8,12,14,24H,3-4,9-11,13H2. The first-order chi connectivity index (χ1) is 15.5. The van der Waals surface area contributed by atoms with E-state index in [4.69, 9.17) is 18.6 Å². The van der Waals surface area contributed by atoms with Crippen molar-refractivity contribution in [2.24, 2.45) is 0 Å². The summed E-state index contributed by atoms with van der Waals surface area (Å²) in [4.78, 5) is 4.14. The quantitative estimate of drug-likeness (QED) is 0.595. The van der Waals surface area contributed by atoms with Gasteiger partial charge in [-0.15, -0.1) is 0 Å². The van der Waals surface area contributed by atoms with E-state index >= 15 is 0 Å². The third kappa shape index (κ3) is 3.91. The van der Waals surface area contributed by atoms with Gasteiger partial charge in [-0.25, -0.2) is 12.8 Å². The van der Waals surface area contributed by atoms with Gasteiger partial charge >= 0.3 is 0 Å². The molecule has 1 atom stereocenters. The Morgan fingerprint density at radius 1 is 1.06 bits per heavy atom. The number of nitrogens with one attached hydrogen (secondary N) is 1. The molecular formula is C22H21FN2O6S. The Labute approximate surface area is 184 Å². The smallest absolute Gasteiger partial charge is 0.233 e. The first-order valence-corrected chi connectivity index (χ1v) is 11.8. The van der Waals surface area contributed by atoms with Crippen LogP contribution in [0.5, 0.6) is 11.5 Å². The Morgan fingerprint density at radius 3 is 2.66 bits per heavy atom. The number of benzene rings is 2. The van der Waals surface area contributed by atoms with E-state index in [2.05, 4.69) is 10.3 Å². The molecule has 0 spiro atoms. The van der Waals surface area contributed by atoms with E-state index in [0.717, 1.165) is 12.8 Å². The van der Waals surface area contributed by atoms with E-state index in [0.29, 0.717) is 37.9 Å². The molecule has 10 heteroatoms. The van der Waals surface area contributed by atoms with E-state index in [9.17, 15) is 12.8 Å². The van der Waals surface area contributed by atoms with Crippen LogP contribution in [-0.2, 0) is 14.6 Å². The zero-order chi connectivity index (χ0) is 22.1. The fraction of sp³-hybridized carbons (Fsp3) is 0.318. The van der Waals surface area contributed by atoms with Crippen LogP contribution in [-0.4, -0.2) is 45.9 Å². The summed E-state index contributed by atoms with van der Waals surface area (Å²) in [6.45, 7) is 1.72. The zero-order valence-corrected chi connectivity index (χ0v) is 17.9. The Kier molecular flexibility index (Phi) is 5.48. The minimum atomic E-state index is -4.12. The number of hydrogen-bond donors (Lipinski definition) is 1. The van der Waals surface area contributed by atoms with Crippen LogP contribution in [0.4, 0.5) is 10.3 Å². The fourth-order valence-corrected chi connectivity index (χ4v) is 4.96. The van der Waals surface area contributed by atoms with E-state index < -0.39 is 15.7 Å². The lowest BCUT2D eigenvalue weighted by molar-refractivity contribution is 0.120. The first kappa shape index (κ1) is 20.8. The van der Waals surface area contributed by atoms with Crippen molar-refractivity contribution in [1.82, 2.24) is 4.98 Å².